The Kier molecular flexibility index (Phi) is 3.20. The summed E-state index contributed by atoms with van der Waals surface area (Å²) in [6.07, 6.45) is 1.12. The van der Waals surface area contributed by atoms with Crippen molar-refractivity contribution < 1.29 is 17.6 Å². The first-order chi connectivity index (χ1) is 9.56. The van der Waals surface area contributed by atoms with Gasteiger partial charge in [0.05, 0.1) is 12.2 Å². The molecule has 0 radical (unpaired) electrons. The third-order valence-corrected chi connectivity index (χ3v) is 3.65. The van der Waals surface area contributed by atoms with E-state index in [4.69, 9.17) is 4.42 Å². The molecule has 0 spiro atoms. The Morgan fingerprint density at radius 1 is 1.15 bits per heavy atom. The van der Waals surface area contributed by atoms with Gasteiger partial charge in [0.2, 0.25) is 0 Å². The van der Waals surface area contributed by atoms with Crippen LogP contribution in [0.3, 0.4) is 0 Å². The number of hydrogen-bond acceptors (Lipinski definition) is 2. The quantitative estimate of drug-likeness (QED) is 0.838. The third-order valence-electron chi connectivity index (χ3n) is 3.65. The molecule has 0 saturated heterocycles. The van der Waals surface area contributed by atoms with E-state index in [1.807, 2.05) is 12.1 Å². The predicted octanol–water partition coefficient (Wildman–Crippen LogP) is 4.43. The van der Waals surface area contributed by atoms with Gasteiger partial charge < -0.3 is 9.73 Å². The Morgan fingerprint density at radius 3 is 2.60 bits per heavy atom. The first kappa shape index (κ1) is 13.1. The molecule has 1 saturated carbocycles. The fourth-order valence-electron chi connectivity index (χ4n) is 2.25. The largest absolute Gasteiger partial charge is 0.464 e. The molecule has 1 N–H and O–H groups in total. The van der Waals surface area contributed by atoms with E-state index >= 15 is 0 Å². The summed E-state index contributed by atoms with van der Waals surface area (Å²) in [6, 6.07) is 5.78. The molecule has 0 aliphatic heterocycles. The Bertz CT molecular complexity index is 638. The van der Waals surface area contributed by atoms with E-state index in [0.29, 0.717) is 17.6 Å². The van der Waals surface area contributed by atoms with E-state index in [2.05, 4.69) is 12.2 Å². The van der Waals surface area contributed by atoms with Gasteiger partial charge >= 0.3 is 0 Å². The van der Waals surface area contributed by atoms with Gasteiger partial charge in [0.25, 0.3) is 0 Å². The Hall–Kier alpha value is -1.91. The van der Waals surface area contributed by atoms with Crippen molar-refractivity contribution in [1.29, 1.82) is 0 Å². The number of furan rings is 1. The monoisotopic (exact) mass is 281 g/mol. The zero-order valence-electron chi connectivity index (χ0n) is 10.9. The van der Waals surface area contributed by atoms with Crippen LogP contribution in [-0.2, 0) is 6.54 Å². The van der Waals surface area contributed by atoms with Gasteiger partial charge in [-0.25, -0.2) is 13.2 Å². The molecule has 0 bridgehead atoms. The number of hydrogen-bond donors (Lipinski definition) is 1. The first-order valence-electron chi connectivity index (χ1n) is 6.52. The Balaban J connectivity index is 1.67. The maximum atomic E-state index is 13.5. The number of halogens is 3. The van der Waals surface area contributed by atoms with Gasteiger partial charge in [0, 0.05) is 5.92 Å². The summed E-state index contributed by atoms with van der Waals surface area (Å²) < 4.78 is 45.0. The number of nitrogens with one attached hydrogen (secondary N) is 1. The molecular weight excluding hydrogens is 267 g/mol. The summed E-state index contributed by atoms with van der Waals surface area (Å²) in [5, 5.41) is 2.71. The summed E-state index contributed by atoms with van der Waals surface area (Å²) >= 11 is 0. The lowest BCUT2D eigenvalue weighted by Crippen LogP contribution is -2.03. The molecule has 1 fully saturated rings. The van der Waals surface area contributed by atoms with Gasteiger partial charge in [-0.3, -0.25) is 0 Å². The molecule has 1 aliphatic carbocycles. The second-order valence-electron chi connectivity index (χ2n) is 5.20. The molecule has 2 unspecified atom stereocenters. The van der Waals surface area contributed by atoms with Gasteiger partial charge in [0.15, 0.2) is 17.5 Å². The zero-order valence-corrected chi connectivity index (χ0v) is 10.9. The first-order valence-corrected chi connectivity index (χ1v) is 6.52. The highest BCUT2D eigenvalue weighted by molar-refractivity contribution is 5.45. The lowest BCUT2D eigenvalue weighted by atomic mass is 10.2. The highest BCUT2D eigenvalue weighted by Crippen LogP contribution is 2.47. The van der Waals surface area contributed by atoms with Crippen LogP contribution in [0.25, 0.3) is 0 Å². The molecule has 20 heavy (non-hydrogen) atoms. The van der Waals surface area contributed by atoms with Gasteiger partial charge in [0.1, 0.15) is 11.5 Å². The summed E-state index contributed by atoms with van der Waals surface area (Å²) in [6.45, 7) is 2.38. The lowest BCUT2D eigenvalue weighted by Gasteiger charge is -2.06. The van der Waals surface area contributed by atoms with Gasteiger partial charge in [-0.2, -0.15) is 0 Å². The van der Waals surface area contributed by atoms with Crippen LogP contribution in [0.15, 0.2) is 28.7 Å². The van der Waals surface area contributed by atoms with E-state index in [1.54, 1.807) is 0 Å². The topological polar surface area (TPSA) is 25.2 Å². The van der Waals surface area contributed by atoms with Crippen molar-refractivity contribution in [3.8, 4) is 0 Å². The van der Waals surface area contributed by atoms with Crippen LogP contribution in [0.4, 0.5) is 18.9 Å². The molecule has 3 rings (SSSR count). The second-order valence-corrected chi connectivity index (χ2v) is 5.20. The Labute approximate surface area is 114 Å². The fraction of sp³-hybridized carbons (Fsp3) is 0.333. The normalized spacial score (nSPS) is 21.0. The van der Waals surface area contributed by atoms with Crippen LogP contribution in [0.2, 0.25) is 0 Å². The minimum atomic E-state index is -1.47. The SMILES string of the molecule is CC1CC1c1ccc(CNc2ccc(F)c(F)c2F)o1. The molecular formula is C15H14F3NO. The van der Waals surface area contributed by atoms with E-state index in [1.165, 1.54) is 6.07 Å². The van der Waals surface area contributed by atoms with Gasteiger partial charge in [-0.1, -0.05) is 6.92 Å². The highest BCUT2D eigenvalue weighted by atomic mass is 19.2. The van der Waals surface area contributed by atoms with Crippen molar-refractivity contribution in [2.45, 2.75) is 25.8 Å². The van der Waals surface area contributed by atoms with Gasteiger partial charge in [-0.15, -0.1) is 0 Å². The van der Waals surface area contributed by atoms with Crippen molar-refractivity contribution in [2.75, 3.05) is 5.32 Å². The molecule has 5 heteroatoms. The van der Waals surface area contributed by atoms with Crippen LogP contribution < -0.4 is 5.32 Å². The summed E-state index contributed by atoms with van der Waals surface area (Å²) in [5.74, 6) is -1.19. The molecule has 1 aliphatic rings. The van der Waals surface area contributed by atoms with E-state index in [0.717, 1.165) is 18.2 Å². The summed E-state index contributed by atoms with van der Waals surface area (Å²) in [4.78, 5) is 0. The number of benzene rings is 1. The van der Waals surface area contributed by atoms with Crippen LogP contribution in [0.1, 0.15) is 30.8 Å². The summed E-state index contributed by atoms with van der Waals surface area (Å²) in [7, 11) is 0. The third kappa shape index (κ3) is 2.40. The minimum Gasteiger partial charge on any atom is -0.464 e. The van der Waals surface area contributed by atoms with Gasteiger partial charge in [-0.05, 0) is 36.6 Å². The van der Waals surface area contributed by atoms with Crippen molar-refractivity contribution in [3.05, 3.63) is 53.2 Å². The van der Waals surface area contributed by atoms with Crippen molar-refractivity contribution in [2.24, 2.45) is 5.92 Å². The molecule has 2 atom stereocenters. The van der Waals surface area contributed by atoms with Crippen molar-refractivity contribution in [1.82, 2.24) is 0 Å². The van der Waals surface area contributed by atoms with E-state index in [9.17, 15) is 13.2 Å². The highest BCUT2D eigenvalue weighted by Gasteiger charge is 2.36. The van der Waals surface area contributed by atoms with Crippen molar-refractivity contribution in [3.63, 3.8) is 0 Å². The number of rotatable bonds is 4. The maximum Gasteiger partial charge on any atom is 0.196 e. The Morgan fingerprint density at radius 2 is 1.90 bits per heavy atom. The molecule has 2 nitrogen and oxygen atoms in total. The zero-order chi connectivity index (χ0) is 14.3. The maximum absolute atomic E-state index is 13.5. The molecule has 106 valence electrons. The van der Waals surface area contributed by atoms with Crippen LogP contribution in [0.5, 0.6) is 0 Å². The van der Waals surface area contributed by atoms with E-state index in [-0.39, 0.29) is 12.2 Å². The molecule has 1 aromatic heterocycles. The molecule has 1 heterocycles. The van der Waals surface area contributed by atoms with Crippen molar-refractivity contribution >= 4 is 5.69 Å². The molecule has 0 amide bonds. The van der Waals surface area contributed by atoms with Crippen LogP contribution in [0, 0.1) is 23.4 Å². The van der Waals surface area contributed by atoms with Crippen LogP contribution in [-0.4, -0.2) is 0 Å². The summed E-state index contributed by atoms with van der Waals surface area (Å²) in [5.41, 5.74) is -0.0818. The second kappa shape index (κ2) is 4.89. The molecule has 1 aromatic carbocycles. The fourth-order valence-corrected chi connectivity index (χ4v) is 2.25. The van der Waals surface area contributed by atoms with E-state index < -0.39 is 17.5 Å². The number of anilines is 1. The lowest BCUT2D eigenvalue weighted by molar-refractivity contribution is 0.447. The van der Waals surface area contributed by atoms with Crippen LogP contribution >= 0.6 is 0 Å². The standard InChI is InChI=1S/C15H14F3NO/c1-8-6-10(8)13-5-2-9(20-13)7-19-12-4-3-11(16)14(17)15(12)18/h2-5,8,10,19H,6-7H2,1H3. The smallest absolute Gasteiger partial charge is 0.196 e. The average Bonchev–Trinajstić information content (AvgIpc) is 2.98. The predicted molar refractivity (Wildman–Crippen MR) is 68.9 cm³/mol. The average molecular weight is 281 g/mol. The minimum absolute atomic E-state index is 0.0818. The molecule has 2 aromatic rings.